The van der Waals surface area contributed by atoms with Gasteiger partial charge in [-0.2, -0.15) is 0 Å². The van der Waals surface area contributed by atoms with E-state index < -0.39 is 0 Å². The van der Waals surface area contributed by atoms with Gasteiger partial charge in [0, 0.05) is 38.1 Å². The summed E-state index contributed by atoms with van der Waals surface area (Å²) in [4.78, 5) is 25.3. The molecule has 2 aliphatic carbocycles. The third-order valence-corrected chi connectivity index (χ3v) is 6.91. The minimum Gasteiger partial charge on any atom is -0.366 e. The molecule has 1 spiro atoms. The second-order valence-electron chi connectivity index (χ2n) is 8.46. The minimum atomic E-state index is 0.372. The van der Waals surface area contributed by atoms with E-state index in [2.05, 4.69) is 19.8 Å². The summed E-state index contributed by atoms with van der Waals surface area (Å²) in [6, 6.07) is 0.749. The molecule has 3 fully saturated rings. The number of rotatable bonds is 3. The molecule has 5 nitrogen and oxygen atoms in total. The van der Waals surface area contributed by atoms with Gasteiger partial charge in [-0.05, 0) is 57.8 Å². The number of carbonyl (C=O) groups excluding carboxylic acids is 1. The zero-order chi connectivity index (χ0) is 17.4. The molecule has 0 bridgehead atoms. The Labute approximate surface area is 150 Å². The van der Waals surface area contributed by atoms with Crippen molar-refractivity contribution in [3.05, 3.63) is 18.2 Å². The maximum Gasteiger partial charge on any atom is 0.132 e. The molecule has 0 atom stereocenters. The number of anilines is 1. The van der Waals surface area contributed by atoms with Crippen LogP contribution in [0.25, 0.3) is 0 Å². The Morgan fingerprint density at radius 2 is 1.68 bits per heavy atom. The number of carbonyl (C=O) groups is 1. The van der Waals surface area contributed by atoms with Crippen LogP contribution < -0.4 is 4.90 Å². The quantitative estimate of drug-likeness (QED) is 0.845. The number of piperazine rings is 1. The predicted octanol–water partition coefficient (Wildman–Crippen LogP) is 2.84. The molecular weight excluding hydrogens is 312 g/mol. The molecule has 0 amide bonds. The van der Waals surface area contributed by atoms with Crippen LogP contribution in [0.2, 0.25) is 0 Å². The number of aromatic nitrogens is 2. The van der Waals surface area contributed by atoms with Crippen LogP contribution >= 0.6 is 0 Å². The molecule has 1 aliphatic heterocycles. The van der Waals surface area contributed by atoms with Crippen molar-refractivity contribution in [3.63, 3.8) is 0 Å². The summed E-state index contributed by atoms with van der Waals surface area (Å²) in [6.07, 6.45) is 11.5. The summed E-state index contributed by atoms with van der Waals surface area (Å²) in [5.41, 5.74) is 1.67. The third kappa shape index (κ3) is 3.43. The topological polar surface area (TPSA) is 49.3 Å². The van der Waals surface area contributed by atoms with Crippen molar-refractivity contribution in [1.29, 1.82) is 0 Å². The van der Waals surface area contributed by atoms with Gasteiger partial charge in [0.2, 0.25) is 0 Å². The van der Waals surface area contributed by atoms with Crippen molar-refractivity contribution in [1.82, 2.24) is 14.9 Å². The average Bonchev–Trinajstić information content (AvgIpc) is 2.60. The summed E-state index contributed by atoms with van der Waals surface area (Å²) in [5.74, 6) is 1.61. The molecule has 1 aromatic heterocycles. The van der Waals surface area contributed by atoms with Crippen molar-refractivity contribution in [2.45, 2.75) is 58.4 Å². The van der Waals surface area contributed by atoms with Crippen LogP contribution in [0.1, 0.15) is 51.3 Å². The highest BCUT2D eigenvalue weighted by atomic mass is 16.1. The van der Waals surface area contributed by atoms with Crippen LogP contribution in [0.5, 0.6) is 0 Å². The number of hydrogen-bond donors (Lipinski definition) is 0. The Bertz CT molecular complexity index is 605. The minimum absolute atomic E-state index is 0.372. The molecule has 5 heteroatoms. The van der Waals surface area contributed by atoms with Crippen LogP contribution in [0, 0.1) is 18.3 Å². The van der Waals surface area contributed by atoms with Gasteiger partial charge in [-0.25, -0.2) is 9.97 Å². The van der Waals surface area contributed by atoms with Gasteiger partial charge < -0.3 is 4.90 Å². The standard InChI is InChI=1S/C20H30N4O/c1-15(25)17-11-20(12-17)5-3-18(4-6-20)23-7-9-24(10-8-23)19-13-21-16(2)22-14-19/h13-14,17-18H,3-12H2,1-2H3/t17-,18-,20?. The zero-order valence-corrected chi connectivity index (χ0v) is 15.6. The van der Waals surface area contributed by atoms with E-state index in [0.717, 1.165) is 56.6 Å². The van der Waals surface area contributed by atoms with E-state index >= 15 is 0 Å². The smallest absolute Gasteiger partial charge is 0.132 e. The first kappa shape index (κ1) is 17.0. The Morgan fingerprint density at radius 3 is 2.24 bits per heavy atom. The van der Waals surface area contributed by atoms with Crippen molar-refractivity contribution in [2.24, 2.45) is 11.3 Å². The molecule has 0 N–H and O–H groups in total. The van der Waals surface area contributed by atoms with Gasteiger partial charge in [0.15, 0.2) is 0 Å². The van der Waals surface area contributed by atoms with Gasteiger partial charge in [-0.15, -0.1) is 0 Å². The number of nitrogens with zero attached hydrogens (tertiary/aromatic N) is 4. The van der Waals surface area contributed by atoms with Crippen LogP contribution in [0.4, 0.5) is 5.69 Å². The molecule has 136 valence electrons. The molecule has 1 aromatic rings. The second-order valence-corrected chi connectivity index (χ2v) is 8.46. The Kier molecular flexibility index (Phi) is 4.52. The fraction of sp³-hybridized carbons (Fsp3) is 0.750. The molecule has 0 aromatic carbocycles. The maximum atomic E-state index is 11.5. The van der Waals surface area contributed by atoms with Crippen molar-refractivity contribution >= 4 is 11.5 Å². The predicted molar refractivity (Wildman–Crippen MR) is 98.6 cm³/mol. The van der Waals surface area contributed by atoms with Gasteiger partial charge in [-0.3, -0.25) is 9.69 Å². The average molecular weight is 342 g/mol. The summed E-state index contributed by atoms with van der Waals surface area (Å²) in [6.45, 7) is 8.12. The van der Waals surface area contributed by atoms with E-state index in [9.17, 15) is 4.79 Å². The lowest BCUT2D eigenvalue weighted by Gasteiger charge is -2.53. The van der Waals surface area contributed by atoms with Crippen LogP contribution in [-0.2, 0) is 4.79 Å². The summed E-state index contributed by atoms with van der Waals surface area (Å²) < 4.78 is 0. The van der Waals surface area contributed by atoms with Crippen molar-refractivity contribution < 1.29 is 4.79 Å². The molecule has 2 saturated carbocycles. The van der Waals surface area contributed by atoms with Crippen LogP contribution in [0.15, 0.2) is 12.4 Å². The number of hydrogen-bond acceptors (Lipinski definition) is 5. The molecule has 3 aliphatic rings. The highest BCUT2D eigenvalue weighted by Crippen LogP contribution is 2.55. The summed E-state index contributed by atoms with van der Waals surface area (Å²) in [7, 11) is 0. The molecule has 25 heavy (non-hydrogen) atoms. The fourth-order valence-electron chi connectivity index (χ4n) is 5.16. The van der Waals surface area contributed by atoms with E-state index in [1.807, 2.05) is 19.3 Å². The van der Waals surface area contributed by atoms with E-state index in [-0.39, 0.29) is 0 Å². The largest absolute Gasteiger partial charge is 0.366 e. The van der Waals surface area contributed by atoms with E-state index in [1.54, 1.807) is 6.92 Å². The van der Waals surface area contributed by atoms with Crippen LogP contribution in [0.3, 0.4) is 0 Å². The number of Topliss-reactive ketones (excluding diaryl/α,β-unsaturated/α-hetero) is 1. The maximum absolute atomic E-state index is 11.5. The molecule has 1 saturated heterocycles. The first-order valence-corrected chi connectivity index (χ1v) is 9.83. The van der Waals surface area contributed by atoms with E-state index in [0.29, 0.717) is 17.1 Å². The van der Waals surface area contributed by atoms with Gasteiger partial charge in [0.1, 0.15) is 11.6 Å². The lowest BCUT2D eigenvalue weighted by molar-refractivity contribution is -0.130. The normalized spacial score (nSPS) is 33.3. The molecular formula is C20H30N4O. The van der Waals surface area contributed by atoms with Crippen LogP contribution in [-0.4, -0.2) is 52.9 Å². The zero-order valence-electron chi connectivity index (χ0n) is 15.6. The summed E-state index contributed by atoms with van der Waals surface area (Å²) >= 11 is 0. The first-order chi connectivity index (χ1) is 12.0. The monoisotopic (exact) mass is 342 g/mol. The highest BCUT2D eigenvalue weighted by Gasteiger charge is 2.48. The second kappa shape index (κ2) is 6.67. The lowest BCUT2D eigenvalue weighted by Crippen LogP contribution is -2.53. The molecule has 2 heterocycles. The van der Waals surface area contributed by atoms with Gasteiger partial charge in [0.05, 0.1) is 18.1 Å². The van der Waals surface area contributed by atoms with Gasteiger partial charge >= 0.3 is 0 Å². The molecule has 4 rings (SSSR count). The summed E-state index contributed by atoms with van der Waals surface area (Å²) in [5, 5.41) is 0. The lowest BCUT2D eigenvalue weighted by atomic mass is 9.54. The third-order valence-electron chi connectivity index (χ3n) is 6.91. The van der Waals surface area contributed by atoms with E-state index in [4.69, 9.17) is 0 Å². The fourth-order valence-corrected chi connectivity index (χ4v) is 5.16. The molecule has 0 unspecified atom stereocenters. The Hall–Kier alpha value is -1.49. The van der Waals surface area contributed by atoms with Crippen molar-refractivity contribution in [2.75, 3.05) is 31.1 Å². The Balaban J connectivity index is 1.25. The van der Waals surface area contributed by atoms with Crippen molar-refractivity contribution in [3.8, 4) is 0 Å². The van der Waals surface area contributed by atoms with Gasteiger partial charge in [0.25, 0.3) is 0 Å². The van der Waals surface area contributed by atoms with Gasteiger partial charge in [-0.1, -0.05) is 0 Å². The highest BCUT2D eigenvalue weighted by molar-refractivity contribution is 5.79. The Morgan fingerprint density at radius 1 is 1.08 bits per heavy atom. The number of aryl methyl sites for hydroxylation is 1. The first-order valence-electron chi connectivity index (χ1n) is 9.83. The molecule has 0 radical (unpaired) electrons. The SMILES string of the molecule is Cc1ncc(N2CCN([C@H]3CCC4(CC3)C[C@H](C(C)=O)C4)CC2)cn1. The van der Waals surface area contributed by atoms with E-state index in [1.165, 1.54) is 25.7 Å². The number of ketones is 1.